The molecule has 0 bridgehead atoms. The van der Waals surface area contributed by atoms with E-state index in [0.717, 1.165) is 12.1 Å². The van der Waals surface area contributed by atoms with Gasteiger partial charge in [0.2, 0.25) is 6.41 Å². The molecule has 0 saturated carbocycles. The van der Waals surface area contributed by atoms with Crippen LogP contribution in [0.4, 0.5) is 10.5 Å². The quantitative estimate of drug-likeness (QED) is 0.775. The fraction of sp³-hybridized carbons (Fsp3) is 0.333. The van der Waals surface area contributed by atoms with Gasteiger partial charge in [0, 0.05) is 25.9 Å². The maximum absolute atomic E-state index is 12.2. The predicted octanol–water partition coefficient (Wildman–Crippen LogP) is 2.15. The minimum atomic E-state index is -0.660. The number of amides is 2. The highest BCUT2D eigenvalue weighted by Gasteiger charge is 2.50. The Hall–Kier alpha value is -2.30. The minimum absolute atomic E-state index is 0.388. The third kappa shape index (κ3) is 1.86. The molecule has 2 amide bonds. The predicted molar refractivity (Wildman–Crippen MR) is 74.1 cm³/mol. The molecule has 1 aromatic carbocycles. The number of likely N-dealkylation sites (tertiary alicyclic amines) is 1. The standard InChI is InChI=1S/C15H16N2O3/c1-12-15(7-9-16(11-18)10-8-15)20-14(19)17(12)13-5-3-2-4-6-13/h2-6,11H,1,7-10H2. The van der Waals surface area contributed by atoms with Crippen LogP contribution in [0.2, 0.25) is 0 Å². The van der Waals surface area contributed by atoms with Crippen molar-refractivity contribution in [1.82, 2.24) is 4.90 Å². The summed E-state index contributed by atoms with van der Waals surface area (Å²) in [5.74, 6) is 0. The lowest BCUT2D eigenvalue weighted by Crippen LogP contribution is -2.45. The van der Waals surface area contributed by atoms with Gasteiger partial charge in [-0.05, 0) is 12.1 Å². The van der Waals surface area contributed by atoms with Crippen LogP contribution in [-0.2, 0) is 9.53 Å². The second-order valence-corrected chi connectivity index (χ2v) is 5.12. The number of hydrogen-bond donors (Lipinski definition) is 0. The molecule has 2 saturated heterocycles. The summed E-state index contributed by atoms with van der Waals surface area (Å²) >= 11 is 0. The van der Waals surface area contributed by atoms with E-state index in [1.165, 1.54) is 4.90 Å². The van der Waals surface area contributed by atoms with Crippen molar-refractivity contribution in [2.45, 2.75) is 18.4 Å². The number of carbonyl (C=O) groups excluding carboxylic acids is 2. The summed E-state index contributed by atoms with van der Waals surface area (Å²) in [4.78, 5) is 26.2. The Kier molecular flexibility index (Phi) is 2.97. The van der Waals surface area contributed by atoms with E-state index >= 15 is 0 Å². The molecule has 1 spiro atoms. The Bertz CT molecular complexity index is 547. The smallest absolute Gasteiger partial charge is 0.419 e. The van der Waals surface area contributed by atoms with Gasteiger partial charge in [-0.15, -0.1) is 0 Å². The summed E-state index contributed by atoms with van der Waals surface area (Å²) < 4.78 is 5.61. The number of carbonyl (C=O) groups is 2. The van der Waals surface area contributed by atoms with E-state index in [1.54, 1.807) is 4.90 Å². The van der Waals surface area contributed by atoms with Gasteiger partial charge in [-0.2, -0.15) is 0 Å². The van der Waals surface area contributed by atoms with E-state index in [2.05, 4.69) is 6.58 Å². The average Bonchev–Trinajstić information content (AvgIpc) is 2.72. The minimum Gasteiger partial charge on any atom is -0.436 e. The van der Waals surface area contributed by atoms with Crippen LogP contribution in [0.15, 0.2) is 42.6 Å². The van der Waals surface area contributed by atoms with Crippen molar-refractivity contribution in [1.29, 1.82) is 0 Å². The van der Waals surface area contributed by atoms with Gasteiger partial charge >= 0.3 is 6.09 Å². The van der Waals surface area contributed by atoms with Crippen LogP contribution in [0.1, 0.15) is 12.8 Å². The molecule has 2 aliphatic rings. The monoisotopic (exact) mass is 272 g/mol. The molecule has 5 nitrogen and oxygen atoms in total. The van der Waals surface area contributed by atoms with Gasteiger partial charge in [0.05, 0.1) is 11.4 Å². The molecular formula is C15H16N2O3. The molecule has 0 N–H and O–H groups in total. The van der Waals surface area contributed by atoms with Crippen LogP contribution in [-0.4, -0.2) is 36.1 Å². The van der Waals surface area contributed by atoms with E-state index in [1.807, 2.05) is 30.3 Å². The van der Waals surface area contributed by atoms with Crippen molar-refractivity contribution >= 4 is 18.2 Å². The second-order valence-electron chi connectivity index (χ2n) is 5.12. The first-order valence-corrected chi connectivity index (χ1v) is 6.63. The third-order valence-corrected chi connectivity index (χ3v) is 4.03. The van der Waals surface area contributed by atoms with Gasteiger partial charge in [-0.3, -0.25) is 4.79 Å². The number of ether oxygens (including phenoxy) is 1. The van der Waals surface area contributed by atoms with Crippen LogP contribution in [0.5, 0.6) is 0 Å². The molecule has 3 rings (SSSR count). The van der Waals surface area contributed by atoms with E-state index in [-0.39, 0.29) is 6.09 Å². The summed E-state index contributed by atoms with van der Waals surface area (Å²) in [7, 11) is 0. The lowest BCUT2D eigenvalue weighted by molar-refractivity contribution is -0.120. The van der Waals surface area contributed by atoms with Crippen molar-refractivity contribution in [2.24, 2.45) is 0 Å². The summed E-state index contributed by atoms with van der Waals surface area (Å²) in [5.41, 5.74) is 0.767. The second kappa shape index (κ2) is 4.67. The largest absolute Gasteiger partial charge is 0.436 e. The molecule has 5 heteroatoms. The maximum atomic E-state index is 12.2. The fourth-order valence-electron chi connectivity index (χ4n) is 2.81. The topological polar surface area (TPSA) is 49.9 Å². The summed E-state index contributed by atoms with van der Waals surface area (Å²) in [6, 6.07) is 9.34. The number of nitrogens with zero attached hydrogens (tertiary/aromatic N) is 2. The molecule has 0 radical (unpaired) electrons. The molecule has 1 aromatic rings. The first kappa shape index (κ1) is 12.7. The van der Waals surface area contributed by atoms with E-state index < -0.39 is 5.60 Å². The van der Waals surface area contributed by atoms with E-state index in [4.69, 9.17) is 4.74 Å². The molecule has 104 valence electrons. The van der Waals surface area contributed by atoms with Gasteiger partial charge in [0.1, 0.15) is 0 Å². The van der Waals surface area contributed by atoms with Crippen LogP contribution in [0.3, 0.4) is 0 Å². The number of anilines is 1. The molecule has 2 fully saturated rings. The zero-order valence-electron chi connectivity index (χ0n) is 11.1. The lowest BCUT2D eigenvalue weighted by Gasteiger charge is -2.36. The highest BCUT2D eigenvalue weighted by atomic mass is 16.6. The van der Waals surface area contributed by atoms with Crippen LogP contribution < -0.4 is 4.90 Å². The Labute approximate surface area is 117 Å². The van der Waals surface area contributed by atoms with Crippen LogP contribution in [0.25, 0.3) is 0 Å². The Morgan fingerprint density at radius 3 is 2.45 bits per heavy atom. The number of hydrogen-bond acceptors (Lipinski definition) is 3. The summed E-state index contributed by atoms with van der Waals surface area (Å²) in [6.45, 7) is 5.23. The van der Waals surface area contributed by atoms with Gasteiger partial charge in [-0.25, -0.2) is 9.69 Å². The zero-order valence-corrected chi connectivity index (χ0v) is 11.1. The van der Waals surface area contributed by atoms with Crippen molar-refractivity contribution in [3.63, 3.8) is 0 Å². The summed E-state index contributed by atoms with van der Waals surface area (Å²) in [5, 5.41) is 0. The van der Waals surface area contributed by atoms with Gasteiger partial charge in [0.25, 0.3) is 0 Å². The fourth-order valence-corrected chi connectivity index (χ4v) is 2.81. The van der Waals surface area contributed by atoms with Crippen LogP contribution >= 0.6 is 0 Å². The molecule has 2 aliphatic heterocycles. The molecule has 0 unspecified atom stereocenters. The van der Waals surface area contributed by atoms with E-state index in [0.29, 0.717) is 31.6 Å². The number of benzene rings is 1. The Morgan fingerprint density at radius 1 is 1.20 bits per heavy atom. The summed E-state index contributed by atoms with van der Waals surface area (Å²) in [6.07, 6.45) is 1.64. The molecule has 2 heterocycles. The number of para-hydroxylation sites is 1. The molecule has 0 aromatic heterocycles. The van der Waals surface area contributed by atoms with E-state index in [9.17, 15) is 9.59 Å². The van der Waals surface area contributed by atoms with Gasteiger partial charge in [0.15, 0.2) is 5.60 Å². The Morgan fingerprint density at radius 2 is 1.85 bits per heavy atom. The van der Waals surface area contributed by atoms with Crippen molar-refractivity contribution in [3.05, 3.63) is 42.6 Å². The van der Waals surface area contributed by atoms with Crippen LogP contribution in [0, 0.1) is 0 Å². The molecular weight excluding hydrogens is 256 g/mol. The van der Waals surface area contributed by atoms with Gasteiger partial charge in [-0.1, -0.05) is 24.8 Å². The number of piperidine rings is 1. The molecule has 0 aliphatic carbocycles. The SMILES string of the molecule is C=C1N(c2ccccc2)C(=O)OC12CCN(C=O)CC2. The van der Waals surface area contributed by atoms with Crippen molar-refractivity contribution < 1.29 is 14.3 Å². The normalized spacial score (nSPS) is 21.2. The first-order valence-electron chi connectivity index (χ1n) is 6.63. The Balaban J connectivity index is 1.86. The van der Waals surface area contributed by atoms with Gasteiger partial charge < -0.3 is 9.64 Å². The number of rotatable bonds is 2. The third-order valence-electron chi connectivity index (χ3n) is 4.03. The molecule has 0 atom stereocenters. The highest BCUT2D eigenvalue weighted by Crippen LogP contribution is 2.42. The van der Waals surface area contributed by atoms with Crippen molar-refractivity contribution in [3.8, 4) is 0 Å². The first-order chi connectivity index (χ1) is 9.66. The lowest BCUT2D eigenvalue weighted by atomic mass is 9.88. The molecule has 20 heavy (non-hydrogen) atoms. The maximum Gasteiger partial charge on any atom is 0.419 e. The van der Waals surface area contributed by atoms with Crippen molar-refractivity contribution in [2.75, 3.05) is 18.0 Å². The zero-order chi connectivity index (χ0) is 14.2. The highest BCUT2D eigenvalue weighted by molar-refractivity contribution is 5.95. The average molecular weight is 272 g/mol.